The molecular formula is C12H25NO2. The predicted octanol–water partition coefficient (Wildman–Crippen LogP) is 1.38. The van der Waals surface area contributed by atoms with Crippen molar-refractivity contribution >= 4 is 0 Å². The first-order chi connectivity index (χ1) is 7.03. The lowest BCUT2D eigenvalue weighted by atomic mass is 10.0. The van der Waals surface area contributed by atoms with Crippen molar-refractivity contribution in [1.29, 1.82) is 0 Å². The molecule has 1 saturated heterocycles. The standard InChI is InChI=1S/C12H25NO2/c1-12(2,15)7-9-13-8-3-5-11(13)6-4-10-14/h11,14-15H,3-10H2,1-2H3. The van der Waals surface area contributed by atoms with Gasteiger partial charge in [-0.3, -0.25) is 0 Å². The van der Waals surface area contributed by atoms with E-state index in [2.05, 4.69) is 4.90 Å². The van der Waals surface area contributed by atoms with Crippen LogP contribution in [0.2, 0.25) is 0 Å². The maximum atomic E-state index is 9.67. The first kappa shape index (κ1) is 12.9. The Morgan fingerprint density at radius 1 is 1.40 bits per heavy atom. The zero-order valence-electron chi connectivity index (χ0n) is 10.1. The van der Waals surface area contributed by atoms with Crippen LogP contribution in [0.1, 0.15) is 46.0 Å². The van der Waals surface area contributed by atoms with Crippen molar-refractivity contribution in [3.8, 4) is 0 Å². The van der Waals surface area contributed by atoms with E-state index in [1.54, 1.807) is 0 Å². The number of aliphatic hydroxyl groups excluding tert-OH is 1. The fourth-order valence-corrected chi connectivity index (χ4v) is 2.26. The summed E-state index contributed by atoms with van der Waals surface area (Å²) in [6, 6.07) is 0.638. The smallest absolute Gasteiger partial charge is 0.0603 e. The molecule has 1 fully saturated rings. The van der Waals surface area contributed by atoms with E-state index in [0.29, 0.717) is 12.6 Å². The van der Waals surface area contributed by atoms with E-state index in [1.807, 2.05) is 13.8 Å². The van der Waals surface area contributed by atoms with Crippen LogP contribution in [-0.4, -0.2) is 46.5 Å². The molecule has 1 rings (SSSR count). The van der Waals surface area contributed by atoms with Gasteiger partial charge in [-0.1, -0.05) is 0 Å². The molecule has 0 spiro atoms. The maximum absolute atomic E-state index is 9.67. The van der Waals surface area contributed by atoms with Crippen LogP contribution in [0.25, 0.3) is 0 Å². The lowest BCUT2D eigenvalue weighted by Crippen LogP contribution is -2.34. The Labute approximate surface area is 93.1 Å². The molecule has 2 N–H and O–H groups in total. The summed E-state index contributed by atoms with van der Waals surface area (Å²) in [5.41, 5.74) is -0.551. The minimum Gasteiger partial charge on any atom is -0.396 e. The van der Waals surface area contributed by atoms with E-state index >= 15 is 0 Å². The van der Waals surface area contributed by atoms with Crippen LogP contribution in [0.3, 0.4) is 0 Å². The van der Waals surface area contributed by atoms with Crippen LogP contribution < -0.4 is 0 Å². The second kappa shape index (κ2) is 5.83. The summed E-state index contributed by atoms with van der Waals surface area (Å²) in [7, 11) is 0. The third-order valence-corrected chi connectivity index (χ3v) is 3.21. The largest absolute Gasteiger partial charge is 0.396 e. The maximum Gasteiger partial charge on any atom is 0.0603 e. The molecule has 3 nitrogen and oxygen atoms in total. The molecule has 0 radical (unpaired) electrons. The highest BCUT2D eigenvalue weighted by molar-refractivity contribution is 4.80. The van der Waals surface area contributed by atoms with Crippen LogP contribution >= 0.6 is 0 Å². The zero-order chi connectivity index (χ0) is 11.3. The van der Waals surface area contributed by atoms with Gasteiger partial charge in [-0.05, 0) is 52.5 Å². The summed E-state index contributed by atoms with van der Waals surface area (Å²) < 4.78 is 0. The molecule has 0 aromatic carbocycles. The molecule has 0 aliphatic carbocycles. The quantitative estimate of drug-likeness (QED) is 0.703. The molecule has 15 heavy (non-hydrogen) atoms. The minimum absolute atomic E-state index is 0.301. The Bertz CT molecular complexity index is 177. The molecule has 90 valence electrons. The van der Waals surface area contributed by atoms with Gasteiger partial charge in [0, 0.05) is 19.2 Å². The average Bonchev–Trinajstić information content (AvgIpc) is 2.57. The van der Waals surface area contributed by atoms with Crippen LogP contribution in [0.5, 0.6) is 0 Å². The molecule has 1 atom stereocenters. The molecule has 0 bridgehead atoms. The molecule has 1 aliphatic heterocycles. The molecule has 1 aliphatic rings. The Morgan fingerprint density at radius 2 is 2.13 bits per heavy atom. The summed E-state index contributed by atoms with van der Waals surface area (Å²) in [5, 5.41) is 18.5. The van der Waals surface area contributed by atoms with E-state index in [0.717, 1.165) is 32.4 Å². The molecule has 0 aromatic heterocycles. The minimum atomic E-state index is -0.551. The summed E-state index contributed by atoms with van der Waals surface area (Å²) in [6.45, 7) is 6.18. The number of hydrogen-bond donors (Lipinski definition) is 2. The molecular weight excluding hydrogens is 190 g/mol. The molecule has 0 aromatic rings. The van der Waals surface area contributed by atoms with Gasteiger partial charge in [0.25, 0.3) is 0 Å². The number of hydrogen-bond acceptors (Lipinski definition) is 3. The molecule has 0 amide bonds. The third-order valence-electron chi connectivity index (χ3n) is 3.21. The predicted molar refractivity (Wildman–Crippen MR) is 61.8 cm³/mol. The summed E-state index contributed by atoms with van der Waals surface area (Å²) in [5.74, 6) is 0. The molecule has 0 saturated carbocycles. The summed E-state index contributed by atoms with van der Waals surface area (Å²) in [4.78, 5) is 2.47. The van der Waals surface area contributed by atoms with Crippen LogP contribution in [0, 0.1) is 0 Å². The van der Waals surface area contributed by atoms with Crippen molar-refractivity contribution in [2.24, 2.45) is 0 Å². The lowest BCUT2D eigenvalue weighted by Gasteiger charge is -2.27. The fraction of sp³-hybridized carbons (Fsp3) is 1.00. The normalized spacial score (nSPS) is 23.6. The van der Waals surface area contributed by atoms with Gasteiger partial charge in [0.1, 0.15) is 0 Å². The highest BCUT2D eigenvalue weighted by atomic mass is 16.3. The van der Waals surface area contributed by atoms with Crippen molar-refractivity contribution in [3.05, 3.63) is 0 Å². The van der Waals surface area contributed by atoms with Crippen molar-refractivity contribution in [1.82, 2.24) is 4.90 Å². The number of nitrogens with zero attached hydrogens (tertiary/aromatic N) is 1. The van der Waals surface area contributed by atoms with E-state index < -0.39 is 5.60 Å². The van der Waals surface area contributed by atoms with Gasteiger partial charge in [0.05, 0.1) is 5.60 Å². The van der Waals surface area contributed by atoms with Crippen molar-refractivity contribution < 1.29 is 10.2 Å². The number of rotatable bonds is 6. The Kier molecular flexibility index (Phi) is 5.03. The van der Waals surface area contributed by atoms with Gasteiger partial charge in [0.2, 0.25) is 0 Å². The Hall–Kier alpha value is -0.120. The molecule has 1 heterocycles. The van der Waals surface area contributed by atoms with E-state index in [1.165, 1.54) is 12.8 Å². The van der Waals surface area contributed by atoms with E-state index in [9.17, 15) is 5.11 Å². The van der Waals surface area contributed by atoms with Gasteiger partial charge < -0.3 is 15.1 Å². The second-order valence-electron chi connectivity index (χ2n) is 5.26. The highest BCUT2D eigenvalue weighted by Gasteiger charge is 2.25. The monoisotopic (exact) mass is 215 g/mol. The second-order valence-corrected chi connectivity index (χ2v) is 5.26. The first-order valence-electron chi connectivity index (χ1n) is 6.10. The Morgan fingerprint density at radius 3 is 2.73 bits per heavy atom. The number of likely N-dealkylation sites (tertiary alicyclic amines) is 1. The van der Waals surface area contributed by atoms with Gasteiger partial charge in [-0.15, -0.1) is 0 Å². The van der Waals surface area contributed by atoms with Crippen molar-refractivity contribution in [2.45, 2.75) is 57.6 Å². The van der Waals surface area contributed by atoms with Crippen LogP contribution in [0.4, 0.5) is 0 Å². The van der Waals surface area contributed by atoms with Gasteiger partial charge in [-0.2, -0.15) is 0 Å². The summed E-state index contributed by atoms with van der Waals surface area (Å²) >= 11 is 0. The summed E-state index contributed by atoms with van der Waals surface area (Å²) in [6.07, 6.45) is 5.36. The third kappa shape index (κ3) is 4.96. The van der Waals surface area contributed by atoms with Gasteiger partial charge in [-0.25, -0.2) is 0 Å². The Balaban J connectivity index is 2.27. The van der Waals surface area contributed by atoms with E-state index in [-0.39, 0.29) is 0 Å². The molecule has 3 heteroatoms. The van der Waals surface area contributed by atoms with Crippen molar-refractivity contribution in [3.63, 3.8) is 0 Å². The van der Waals surface area contributed by atoms with E-state index in [4.69, 9.17) is 5.11 Å². The van der Waals surface area contributed by atoms with Crippen molar-refractivity contribution in [2.75, 3.05) is 19.7 Å². The highest BCUT2D eigenvalue weighted by Crippen LogP contribution is 2.22. The van der Waals surface area contributed by atoms with Crippen LogP contribution in [0.15, 0.2) is 0 Å². The van der Waals surface area contributed by atoms with Gasteiger partial charge in [0.15, 0.2) is 0 Å². The SMILES string of the molecule is CC(C)(O)CCN1CCCC1CCCO. The van der Waals surface area contributed by atoms with Crippen LogP contribution in [-0.2, 0) is 0 Å². The number of aliphatic hydroxyl groups is 2. The lowest BCUT2D eigenvalue weighted by molar-refractivity contribution is 0.0550. The zero-order valence-corrected chi connectivity index (χ0v) is 10.1. The average molecular weight is 215 g/mol. The van der Waals surface area contributed by atoms with Gasteiger partial charge >= 0.3 is 0 Å². The fourth-order valence-electron chi connectivity index (χ4n) is 2.26. The topological polar surface area (TPSA) is 43.7 Å². The molecule has 1 unspecified atom stereocenters. The first-order valence-corrected chi connectivity index (χ1v) is 6.10.